The first-order valence-electron chi connectivity index (χ1n) is 11.4. The van der Waals surface area contributed by atoms with Crippen molar-refractivity contribution in [2.24, 2.45) is 0 Å². The second-order valence-corrected chi connectivity index (χ2v) is 10.9. The summed E-state index contributed by atoms with van der Waals surface area (Å²) in [6.45, 7) is 0.403. The van der Waals surface area contributed by atoms with Crippen LogP contribution in [0.1, 0.15) is 17.7 Å². The third kappa shape index (κ3) is 4.24. The van der Waals surface area contributed by atoms with Crippen LogP contribution in [0, 0.1) is 5.82 Å². The quantitative estimate of drug-likeness (QED) is 0.423. The molecule has 5 rings (SSSR count). The van der Waals surface area contributed by atoms with Crippen LogP contribution in [0.4, 0.5) is 4.39 Å². The lowest BCUT2D eigenvalue weighted by Crippen LogP contribution is -2.42. The average Bonchev–Trinajstić information content (AvgIpc) is 3.16. The van der Waals surface area contributed by atoms with E-state index in [0.29, 0.717) is 19.4 Å². The first-order chi connectivity index (χ1) is 16.8. The highest BCUT2D eigenvalue weighted by Gasteiger charge is 2.33. The number of aliphatic carboxylic acids is 1. The Bertz CT molecular complexity index is 1510. The van der Waals surface area contributed by atoms with Gasteiger partial charge in [0.15, 0.2) is 0 Å². The van der Waals surface area contributed by atoms with Crippen LogP contribution in [0.5, 0.6) is 0 Å². The summed E-state index contributed by atoms with van der Waals surface area (Å²) in [5, 5.41) is 10.4. The maximum atomic E-state index is 13.3. The number of sulfonamides is 1. The van der Waals surface area contributed by atoms with E-state index in [1.54, 1.807) is 7.05 Å². The summed E-state index contributed by atoms with van der Waals surface area (Å²) in [5.74, 6) is -1.39. The largest absolute Gasteiger partial charge is 0.481 e. The van der Waals surface area contributed by atoms with E-state index in [1.165, 1.54) is 16.4 Å². The van der Waals surface area contributed by atoms with Crippen molar-refractivity contribution in [3.8, 4) is 11.1 Å². The van der Waals surface area contributed by atoms with E-state index in [-0.39, 0.29) is 17.4 Å². The molecule has 8 heteroatoms. The first-order valence-corrected chi connectivity index (χ1v) is 12.8. The number of halogens is 1. The molecule has 0 amide bonds. The molecule has 0 unspecified atom stereocenters. The molecule has 1 N–H and O–H groups in total. The molecule has 180 valence electrons. The zero-order valence-electron chi connectivity index (χ0n) is 19.2. The van der Waals surface area contributed by atoms with Crippen LogP contribution >= 0.6 is 0 Å². The van der Waals surface area contributed by atoms with E-state index in [4.69, 9.17) is 0 Å². The molecule has 2 heterocycles. The van der Waals surface area contributed by atoms with Gasteiger partial charge in [-0.1, -0.05) is 42.5 Å². The summed E-state index contributed by atoms with van der Waals surface area (Å²) in [6.07, 6.45) is 1.04. The lowest BCUT2D eigenvalue weighted by Gasteiger charge is -2.32. The summed E-state index contributed by atoms with van der Waals surface area (Å²) in [6, 6.07) is 20.4. The fourth-order valence-corrected chi connectivity index (χ4v) is 6.38. The van der Waals surface area contributed by atoms with Crippen molar-refractivity contribution < 1.29 is 22.7 Å². The summed E-state index contributed by atoms with van der Waals surface area (Å²) >= 11 is 0. The van der Waals surface area contributed by atoms with Crippen molar-refractivity contribution in [2.45, 2.75) is 36.7 Å². The van der Waals surface area contributed by atoms with E-state index < -0.39 is 21.8 Å². The number of likely N-dealkylation sites (N-methyl/N-ethyl adjacent to an activating group) is 1. The summed E-state index contributed by atoms with van der Waals surface area (Å²) in [5.41, 5.74) is 4.68. The lowest BCUT2D eigenvalue weighted by atomic mass is 9.99. The number of nitrogens with zero attached hydrogens (tertiary/aromatic N) is 2. The van der Waals surface area contributed by atoms with Crippen molar-refractivity contribution in [2.75, 3.05) is 7.05 Å². The lowest BCUT2D eigenvalue weighted by molar-refractivity contribution is -0.136. The standard InChI is InChI=1S/C27H25FN2O4S/c1-29(35(33,34)22-11-8-20(28)9-12-22)21-10-14-25-24(16-27(31)32)23-13-7-19(15-26(23)30(25)17-21)18-5-3-2-4-6-18/h2-9,11-13,15,21H,10,14,16-17H2,1H3,(H,31,32)/t21-/m1/s1. The second kappa shape index (κ2) is 8.94. The molecule has 1 aliphatic rings. The maximum Gasteiger partial charge on any atom is 0.307 e. The minimum atomic E-state index is -3.82. The number of benzene rings is 3. The van der Waals surface area contributed by atoms with E-state index in [1.807, 2.05) is 42.5 Å². The summed E-state index contributed by atoms with van der Waals surface area (Å²) < 4.78 is 43.2. The number of hydrogen-bond acceptors (Lipinski definition) is 3. The molecule has 0 fully saturated rings. The average molecular weight is 493 g/mol. The Morgan fingerprint density at radius 2 is 1.77 bits per heavy atom. The number of fused-ring (bicyclic) bond motifs is 3. The third-order valence-corrected chi connectivity index (χ3v) is 8.76. The molecular formula is C27H25FN2O4S. The first kappa shape index (κ1) is 23.3. The SMILES string of the molecule is CN([C@@H]1CCc2c(CC(=O)O)c3ccc(-c4ccccc4)cc3n2C1)S(=O)(=O)c1ccc(F)cc1. The number of hydrogen-bond donors (Lipinski definition) is 1. The van der Waals surface area contributed by atoms with Gasteiger partial charge < -0.3 is 9.67 Å². The van der Waals surface area contributed by atoms with E-state index in [0.717, 1.165) is 45.4 Å². The van der Waals surface area contributed by atoms with Gasteiger partial charge in [-0.15, -0.1) is 0 Å². The van der Waals surface area contributed by atoms with Crippen LogP contribution in [0.2, 0.25) is 0 Å². The van der Waals surface area contributed by atoms with E-state index >= 15 is 0 Å². The monoisotopic (exact) mass is 492 g/mol. The summed E-state index contributed by atoms with van der Waals surface area (Å²) in [4.78, 5) is 11.7. The molecule has 6 nitrogen and oxygen atoms in total. The van der Waals surface area contributed by atoms with E-state index in [9.17, 15) is 22.7 Å². The van der Waals surface area contributed by atoms with Gasteiger partial charge in [-0.2, -0.15) is 4.31 Å². The van der Waals surface area contributed by atoms with Crippen molar-refractivity contribution in [1.82, 2.24) is 8.87 Å². The predicted octanol–water partition coefficient (Wildman–Crippen LogP) is 4.71. The molecule has 1 aliphatic heterocycles. The molecular weight excluding hydrogens is 467 g/mol. The highest BCUT2D eigenvalue weighted by atomic mass is 32.2. The van der Waals surface area contributed by atoms with Gasteiger partial charge in [0.1, 0.15) is 5.82 Å². The number of carboxylic acids is 1. The van der Waals surface area contributed by atoms with Crippen molar-refractivity contribution in [3.05, 3.63) is 89.9 Å². The minimum Gasteiger partial charge on any atom is -0.481 e. The molecule has 35 heavy (non-hydrogen) atoms. The highest BCUT2D eigenvalue weighted by molar-refractivity contribution is 7.89. The third-order valence-electron chi connectivity index (χ3n) is 6.84. The zero-order chi connectivity index (χ0) is 24.7. The van der Waals surface area contributed by atoms with Gasteiger partial charge in [0, 0.05) is 36.2 Å². The normalized spacial score (nSPS) is 15.9. The molecule has 0 saturated heterocycles. The smallest absolute Gasteiger partial charge is 0.307 e. The van der Waals surface area contributed by atoms with Crippen LogP contribution in [-0.2, 0) is 34.2 Å². The van der Waals surface area contributed by atoms with Crippen LogP contribution in [0.25, 0.3) is 22.0 Å². The van der Waals surface area contributed by atoms with Crippen LogP contribution in [0.15, 0.2) is 77.7 Å². The van der Waals surface area contributed by atoms with Crippen molar-refractivity contribution >= 4 is 26.9 Å². The van der Waals surface area contributed by atoms with Gasteiger partial charge in [-0.3, -0.25) is 4.79 Å². The molecule has 0 spiro atoms. The Balaban J connectivity index is 1.56. The van der Waals surface area contributed by atoms with Gasteiger partial charge in [0.2, 0.25) is 10.0 Å². The Labute approximate surface area is 203 Å². The number of rotatable bonds is 6. The van der Waals surface area contributed by atoms with Crippen molar-refractivity contribution in [3.63, 3.8) is 0 Å². The zero-order valence-corrected chi connectivity index (χ0v) is 20.0. The van der Waals surface area contributed by atoms with Crippen LogP contribution < -0.4 is 0 Å². The molecule has 1 atom stereocenters. The van der Waals surface area contributed by atoms with Crippen molar-refractivity contribution in [1.29, 1.82) is 0 Å². The van der Waals surface area contributed by atoms with Gasteiger partial charge in [-0.25, -0.2) is 12.8 Å². The molecule has 4 aromatic rings. The fourth-order valence-electron chi connectivity index (χ4n) is 5.00. The molecule has 0 aliphatic carbocycles. The molecule has 0 bridgehead atoms. The number of carboxylic acid groups (broad SMARTS) is 1. The van der Waals surface area contributed by atoms with Gasteiger partial charge in [-0.05, 0) is 59.9 Å². The Kier molecular flexibility index (Phi) is 5.94. The molecule has 1 aromatic heterocycles. The molecule has 0 saturated carbocycles. The molecule has 3 aromatic carbocycles. The van der Waals surface area contributed by atoms with Gasteiger partial charge >= 0.3 is 5.97 Å². The van der Waals surface area contributed by atoms with Crippen LogP contribution in [-0.4, -0.2) is 41.5 Å². The Morgan fingerprint density at radius 3 is 2.46 bits per heavy atom. The highest BCUT2D eigenvalue weighted by Crippen LogP contribution is 2.35. The number of aromatic nitrogens is 1. The predicted molar refractivity (Wildman–Crippen MR) is 132 cm³/mol. The second-order valence-electron chi connectivity index (χ2n) is 8.87. The van der Waals surface area contributed by atoms with Gasteiger partial charge in [0.05, 0.1) is 11.3 Å². The minimum absolute atomic E-state index is 0.0440. The molecule has 0 radical (unpaired) electrons. The maximum absolute atomic E-state index is 13.3. The topological polar surface area (TPSA) is 79.6 Å². The Morgan fingerprint density at radius 1 is 1.06 bits per heavy atom. The Hall–Kier alpha value is -3.49. The number of carbonyl (C=O) groups is 1. The van der Waals surface area contributed by atoms with Gasteiger partial charge in [0.25, 0.3) is 0 Å². The fraction of sp³-hybridized carbons (Fsp3) is 0.222. The summed E-state index contributed by atoms with van der Waals surface area (Å²) in [7, 11) is -2.27. The van der Waals surface area contributed by atoms with Crippen LogP contribution in [0.3, 0.4) is 0 Å². The van der Waals surface area contributed by atoms with E-state index in [2.05, 4.69) is 10.6 Å².